The number of halogens is 1. The Hall–Kier alpha value is -2.14. The summed E-state index contributed by atoms with van der Waals surface area (Å²) < 4.78 is 14.3. The summed E-state index contributed by atoms with van der Waals surface area (Å²) in [4.78, 5) is 4.24. The van der Waals surface area contributed by atoms with Crippen molar-refractivity contribution in [2.45, 2.75) is 6.92 Å². The Labute approximate surface area is 113 Å². The van der Waals surface area contributed by atoms with E-state index in [4.69, 9.17) is 5.73 Å². The van der Waals surface area contributed by atoms with Crippen LogP contribution in [-0.4, -0.2) is 4.98 Å². The van der Waals surface area contributed by atoms with Crippen LogP contribution in [0.2, 0.25) is 0 Å². The Morgan fingerprint density at radius 1 is 1.21 bits per heavy atom. The van der Waals surface area contributed by atoms with Gasteiger partial charge in [-0.15, -0.1) is 11.3 Å². The van der Waals surface area contributed by atoms with Crippen molar-refractivity contribution in [2.75, 3.05) is 11.1 Å². The van der Waals surface area contributed by atoms with Gasteiger partial charge >= 0.3 is 0 Å². The Balaban J connectivity index is 2.05. The molecule has 96 valence electrons. The first-order chi connectivity index (χ1) is 9.15. The number of aryl methyl sites for hydroxylation is 1. The van der Waals surface area contributed by atoms with Gasteiger partial charge in [-0.25, -0.2) is 9.37 Å². The van der Waals surface area contributed by atoms with Gasteiger partial charge in [0.25, 0.3) is 0 Å². The number of aromatic nitrogens is 1. The molecule has 5 heteroatoms. The van der Waals surface area contributed by atoms with Crippen LogP contribution in [0.1, 0.15) is 5.56 Å². The molecule has 3 N–H and O–H groups in total. The van der Waals surface area contributed by atoms with E-state index in [0.29, 0.717) is 11.4 Å². The second kappa shape index (κ2) is 4.51. The summed E-state index contributed by atoms with van der Waals surface area (Å²) in [5, 5.41) is 3.16. The maximum atomic E-state index is 13.3. The fourth-order valence-corrected chi connectivity index (χ4v) is 2.63. The van der Waals surface area contributed by atoms with Gasteiger partial charge in [-0.3, -0.25) is 0 Å². The van der Waals surface area contributed by atoms with Crippen LogP contribution in [0.3, 0.4) is 0 Å². The number of thiazole rings is 1. The first-order valence-electron chi connectivity index (χ1n) is 5.80. The van der Waals surface area contributed by atoms with Gasteiger partial charge < -0.3 is 11.1 Å². The number of hydrogen-bond acceptors (Lipinski definition) is 4. The molecule has 2 aromatic carbocycles. The molecular formula is C14H12FN3S. The van der Waals surface area contributed by atoms with Gasteiger partial charge in [-0.1, -0.05) is 6.07 Å². The Morgan fingerprint density at radius 3 is 2.89 bits per heavy atom. The van der Waals surface area contributed by atoms with E-state index in [2.05, 4.69) is 10.3 Å². The van der Waals surface area contributed by atoms with Crippen molar-refractivity contribution in [3.05, 3.63) is 47.2 Å². The van der Waals surface area contributed by atoms with Crippen LogP contribution in [-0.2, 0) is 0 Å². The fourth-order valence-electron chi connectivity index (χ4n) is 1.94. The van der Waals surface area contributed by atoms with E-state index in [-0.39, 0.29) is 5.82 Å². The van der Waals surface area contributed by atoms with Gasteiger partial charge in [0.15, 0.2) is 0 Å². The molecular weight excluding hydrogens is 261 g/mol. The maximum absolute atomic E-state index is 13.3. The molecule has 0 amide bonds. The lowest BCUT2D eigenvalue weighted by Crippen LogP contribution is -1.99. The summed E-state index contributed by atoms with van der Waals surface area (Å²) in [5.74, 6) is -0.276. The van der Waals surface area contributed by atoms with Crippen LogP contribution in [0.4, 0.5) is 21.5 Å². The molecule has 0 aliphatic heterocycles. The molecule has 3 aromatic rings. The number of nitrogens with one attached hydrogen (secondary N) is 1. The molecule has 3 rings (SSSR count). The summed E-state index contributed by atoms with van der Waals surface area (Å²) in [7, 11) is 0. The predicted molar refractivity (Wildman–Crippen MR) is 78.5 cm³/mol. The molecule has 0 saturated heterocycles. The maximum Gasteiger partial charge on any atom is 0.125 e. The van der Waals surface area contributed by atoms with Gasteiger partial charge in [0.05, 0.1) is 21.6 Å². The SMILES string of the molecule is Cc1ccc(F)cc1Nc1ccc2scnc2c1N. The fraction of sp³-hybridized carbons (Fsp3) is 0.0714. The molecule has 0 aliphatic carbocycles. The molecule has 0 unspecified atom stereocenters. The van der Waals surface area contributed by atoms with E-state index in [0.717, 1.165) is 21.5 Å². The van der Waals surface area contributed by atoms with Crippen molar-refractivity contribution in [2.24, 2.45) is 0 Å². The van der Waals surface area contributed by atoms with Crippen LogP contribution >= 0.6 is 11.3 Å². The number of rotatable bonds is 2. The van der Waals surface area contributed by atoms with Crippen molar-refractivity contribution in [3.63, 3.8) is 0 Å². The lowest BCUT2D eigenvalue weighted by atomic mass is 10.1. The summed E-state index contributed by atoms with van der Waals surface area (Å²) >= 11 is 1.54. The molecule has 0 atom stereocenters. The van der Waals surface area contributed by atoms with Crippen LogP contribution in [0.15, 0.2) is 35.8 Å². The topological polar surface area (TPSA) is 50.9 Å². The summed E-state index contributed by atoms with van der Waals surface area (Å²) in [5.41, 5.74) is 11.6. The molecule has 19 heavy (non-hydrogen) atoms. The Bertz CT molecular complexity index is 752. The minimum absolute atomic E-state index is 0.276. The molecule has 1 heterocycles. The predicted octanol–water partition coefficient (Wildman–Crippen LogP) is 4.07. The minimum Gasteiger partial charge on any atom is -0.395 e. The number of anilines is 3. The average molecular weight is 273 g/mol. The van der Waals surface area contributed by atoms with Crippen LogP contribution in [0.5, 0.6) is 0 Å². The molecule has 0 saturated carbocycles. The van der Waals surface area contributed by atoms with Gasteiger partial charge in [-0.2, -0.15) is 0 Å². The third-order valence-electron chi connectivity index (χ3n) is 3.01. The summed E-state index contributed by atoms with van der Waals surface area (Å²) in [6.45, 7) is 1.92. The smallest absolute Gasteiger partial charge is 0.125 e. The lowest BCUT2D eigenvalue weighted by molar-refractivity contribution is 0.628. The lowest BCUT2D eigenvalue weighted by Gasteiger charge is -2.12. The van der Waals surface area contributed by atoms with Crippen molar-refractivity contribution >= 4 is 38.6 Å². The monoisotopic (exact) mass is 273 g/mol. The largest absolute Gasteiger partial charge is 0.395 e. The first-order valence-corrected chi connectivity index (χ1v) is 6.68. The highest BCUT2D eigenvalue weighted by molar-refractivity contribution is 7.16. The van der Waals surface area contributed by atoms with Crippen molar-refractivity contribution in [3.8, 4) is 0 Å². The quantitative estimate of drug-likeness (QED) is 0.692. The highest BCUT2D eigenvalue weighted by Gasteiger charge is 2.08. The van der Waals surface area contributed by atoms with Gasteiger partial charge in [0, 0.05) is 5.69 Å². The van der Waals surface area contributed by atoms with Crippen molar-refractivity contribution in [1.82, 2.24) is 4.98 Å². The van der Waals surface area contributed by atoms with E-state index >= 15 is 0 Å². The highest BCUT2D eigenvalue weighted by Crippen LogP contribution is 2.32. The molecule has 0 spiro atoms. The van der Waals surface area contributed by atoms with Gasteiger partial charge in [-0.05, 0) is 36.8 Å². The van der Waals surface area contributed by atoms with E-state index in [1.807, 2.05) is 19.1 Å². The normalized spacial score (nSPS) is 10.8. The Kier molecular flexibility index (Phi) is 2.83. The second-order valence-corrected chi connectivity index (χ2v) is 5.20. The number of benzene rings is 2. The van der Waals surface area contributed by atoms with Crippen molar-refractivity contribution < 1.29 is 4.39 Å². The number of fused-ring (bicyclic) bond motifs is 1. The second-order valence-electron chi connectivity index (χ2n) is 4.31. The van der Waals surface area contributed by atoms with Crippen LogP contribution in [0, 0.1) is 12.7 Å². The highest BCUT2D eigenvalue weighted by atomic mass is 32.1. The number of nitrogens with two attached hydrogens (primary N) is 1. The number of nitrogens with zero attached hydrogens (tertiary/aromatic N) is 1. The summed E-state index contributed by atoms with van der Waals surface area (Å²) in [6.07, 6.45) is 0. The molecule has 0 radical (unpaired) electrons. The zero-order chi connectivity index (χ0) is 13.4. The zero-order valence-electron chi connectivity index (χ0n) is 10.3. The third-order valence-corrected chi connectivity index (χ3v) is 3.80. The molecule has 0 fully saturated rings. The number of hydrogen-bond donors (Lipinski definition) is 2. The van der Waals surface area contributed by atoms with E-state index in [9.17, 15) is 4.39 Å². The standard InChI is InChI=1S/C14H12FN3S/c1-8-2-3-9(15)6-11(8)18-10-4-5-12-14(13(10)16)17-7-19-12/h2-7,18H,16H2,1H3. The number of nitrogen functional groups attached to an aromatic ring is 1. The van der Waals surface area contributed by atoms with Gasteiger partial charge in [0.2, 0.25) is 0 Å². The first kappa shape index (κ1) is 11.9. The van der Waals surface area contributed by atoms with E-state index in [1.54, 1.807) is 22.9 Å². The van der Waals surface area contributed by atoms with E-state index in [1.165, 1.54) is 12.1 Å². The van der Waals surface area contributed by atoms with Crippen LogP contribution < -0.4 is 11.1 Å². The average Bonchev–Trinajstić information content (AvgIpc) is 2.86. The van der Waals surface area contributed by atoms with Crippen LogP contribution in [0.25, 0.3) is 10.2 Å². The zero-order valence-corrected chi connectivity index (χ0v) is 11.1. The van der Waals surface area contributed by atoms with Gasteiger partial charge in [0.1, 0.15) is 11.3 Å². The summed E-state index contributed by atoms with van der Waals surface area (Å²) in [6, 6.07) is 8.48. The molecule has 1 aromatic heterocycles. The minimum atomic E-state index is -0.276. The van der Waals surface area contributed by atoms with E-state index < -0.39 is 0 Å². The molecule has 0 aliphatic rings. The molecule has 3 nitrogen and oxygen atoms in total. The van der Waals surface area contributed by atoms with Crippen molar-refractivity contribution in [1.29, 1.82) is 0 Å². The third kappa shape index (κ3) is 2.13. The molecule has 0 bridgehead atoms. The Morgan fingerprint density at radius 2 is 2.05 bits per heavy atom.